The van der Waals surface area contributed by atoms with Gasteiger partial charge in [0.2, 0.25) is 0 Å². The molecule has 0 unspecified atom stereocenters. The Morgan fingerprint density at radius 1 is 0.821 bits per heavy atom. The smallest absolute Gasteiger partial charge is 0.186 e. The summed E-state index contributed by atoms with van der Waals surface area (Å²) in [7, 11) is 0. The van der Waals surface area contributed by atoms with Crippen LogP contribution in [0.4, 0.5) is 0 Å². The summed E-state index contributed by atoms with van der Waals surface area (Å²) in [6, 6.07) is 28.1. The molecule has 0 atom stereocenters. The van der Waals surface area contributed by atoms with Crippen LogP contribution in [0.25, 0.3) is 17.6 Å². The van der Waals surface area contributed by atoms with Gasteiger partial charge in [-0.05, 0) is 34.0 Å². The first-order valence-electron chi connectivity index (χ1n) is 9.15. The number of allylic oxidation sites excluding steroid dienone is 1. The van der Waals surface area contributed by atoms with Crippen LogP contribution in [0.5, 0.6) is 5.75 Å². The van der Waals surface area contributed by atoms with Crippen molar-refractivity contribution in [3.05, 3.63) is 102 Å². The van der Waals surface area contributed by atoms with Crippen LogP contribution in [0.15, 0.2) is 91.0 Å². The second-order valence-electron chi connectivity index (χ2n) is 6.28. The number of nitrogens with zero attached hydrogens (tertiary/aromatic N) is 4. The van der Waals surface area contributed by atoms with Gasteiger partial charge in [0, 0.05) is 11.8 Å². The fourth-order valence-electron chi connectivity index (χ4n) is 2.90. The SMILES string of the molecule is C(=Cn1nnnc1-c1ccccc1)Cc1ccccc1OCc1ccccc1. The van der Waals surface area contributed by atoms with Gasteiger partial charge in [-0.25, -0.2) is 4.68 Å². The van der Waals surface area contributed by atoms with E-state index in [4.69, 9.17) is 4.74 Å². The van der Waals surface area contributed by atoms with E-state index in [-0.39, 0.29) is 0 Å². The molecule has 0 amide bonds. The van der Waals surface area contributed by atoms with Gasteiger partial charge >= 0.3 is 0 Å². The number of hydrogen-bond acceptors (Lipinski definition) is 4. The van der Waals surface area contributed by atoms with Crippen LogP contribution in [-0.2, 0) is 13.0 Å². The first kappa shape index (κ1) is 17.7. The van der Waals surface area contributed by atoms with Crippen LogP contribution in [0, 0.1) is 0 Å². The average molecular weight is 368 g/mol. The molecule has 0 aliphatic carbocycles. The van der Waals surface area contributed by atoms with Crippen molar-refractivity contribution in [2.24, 2.45) is 0 Å². The molecule has 3 aromatic carbocycles. The molecule has 0 fully saturated rings. The van der Waals surface area contributed by atoms with Crippen LogP contribution in [0.3, 0.4) is 0 Å². The number of ether oxygens (including phenoxy) is 1. The molecule has 4 aromatic rings. The van der Waals surface area contributed by atoms with Crippen LogP contribution in [0.2, 0.25) is 0 Å². The van der Waals surface area contributed by atoms with Gasteiger partial charge in [0.05, 0.1) is 0 Å². The highest BCUT2D eigenvalue weighted by molar-refractivity contribution is 5.56. The molecule has 5 nitrogen and oxygen atoms in total. The Kier molecular flexibility index (Phi) is 5.54. The van der Waals surface area contributed by atoms with Gasteiger partial charge < -0.3 is 4.74 Å². The lowest BCUT2D eigenvalue weighted by Crippen LogP contribution is -1.98. The van der Waals surface area contributed by atoms with E-state index in [1.54, 1.807) is 4.68 Å². The van der Waals surface area contributed by atoms with E-state index in [1.165, 1.54) is 0 Å². The molecule has 0 aliphatic heterocycles. The van der Waals surface area contributed by atoms with E-state index in [9.17, 15) is 0 Å². The van der Waals surface area contributed by atoms with Gasteiger partial charge in [-0.1, -0.05) is 84.9 Å². The minimum absolute atomic E-state index is 0.548. The van der Waals surface area contributed by atoms with Crippen LogP contribution in [0.1, 0.15) is 11.1 Å². The molecule has 0 saturated carbocycles. The molecule has 0 radical (unpaired) electrons. The van der Waals surface area contributed by atoms with Crippen molar-refractivity contribution >= 4 is 6.20 Å². The number of rotatable bonds is 7. The van der Waals surface area contributed by atoms with Gasteiger partial charge in [0.15, 0.2) is 5.82 Å². The zero-order chi connectivity index (χ0) is 19.0. The maximum Gasteiger partial charge on any atom is 0.186 e. The van der Waals surface area contributed by atoms with Crippen molar-refractivity contribution in [3.8, 4) is 17.1 Å². The molecule has 138 valence electrons. The maximum atomic E-state index is 6.02. The normalized spacial score (nSPS) is 11.0. The summed E-state index contributed by atoms with van der Waals surface area (Å²) < 4.78 is 7.71. The molecule has 5 heteroatoms. The van der Waals surface area contributed by atoms with Crippen molar-refractivity contribution < 1.29 is 4.74 Å². The summed E-state index contributed by atoms with van der Waals surface area (Å²) in [5, 5.41) is 12.0. The lowest BCUT2D eigenvalue weighted by atomic mass is 10.1. The molecule has 28 heavy (non-hydrogen) atoms. The van der Waals surface area contributed by atoms with Crippen molar-refractivity contribution in [1.82, 2.24) is 20.2 Å². The molecule has 0 saturated heterocycles. The molecule has 1 heterocycles. The number of benzene rings is 3. The maximum absolute atomic E-state index is 6.02. The van der Waals surface area contributed by atoms with E-state index in [0.717, 1.165) is 28.9 Å². The Morgan fingerprint density at radius 3 is 2.36 bits per heavy atom. The lowest BCUT2D eigenvalue weighted by molar-refractivity contribution is 0.303. The van der Waals surface area contributed by atoms with Crippen molar-refractivity contribution in [3.63, 3.8) is 0 Å². The van der Waals surface area contributed by atoms with E-state index in [0.29, 0.717) is 12.4 Å². The summed E-state index contributed by atoms with van der Waals surface area (Å²) in [6.45, 7) is 0.548. The number of hydrogen-bond donors (Lipinski definition) is 0. The Balaban J connectivity index is 1.45. The third-order valence-electron chi connectivity index (χ3n) is 4.32. The van der Waals surface area contributed by atoms with Crippen LogP contribution < -0.4 is 4.74 Å². The minimum atomic E-state index is 0.548. The van der Waals surface area contributed by atoms with Gasteiger partial charge in [0.1, 0.15) is 12.4 Å². The number of tetrazole rings is 1. The molecule has 0 bridgehead atoms. The van der Waals surface area contributed by atoms with Crippen LogP contribution in [-0.4, -0.2) is 20.2 Å². The molecule has 1 aromatic heterocycles. The number of aromatic nitrogens is 4. The Labute approximate surface area is 163 Å². The predicted octanol–water partition coefficient (Wildman–Crippen LogP) is 4.63. The van der Waals surface area contributed by atoms with Crippen molar-refractivity contribution in [2.45, 2.75) is 13.0 Å². The second-order valence-corrected chi connectivity index (χ2v) is 6.28. The third-order valence-corrected chi connectivity index (χ3v) is 4.32. The van der Waals surface area contributed by atoms with E-state index >= 15 is 0 Å². The standard InChI is InChI=1S/C23H20N4O/c1-3-10-19(11-4-1)18-28-22-16-8-7-12-20(22)15-9-17-27-23(24-25-26-27)21-13-5-2-6-14-21/h1-14,16-17H,15,18H2. The Hall–Kier alpha value is -3.73. The summed E-state index contributed by atoms with van der Waals surface area (Å²) in [5.41, 5.74) is 3.24. The quantitative estimate of drug-likeness (QED) is 0.477. The monoisotopic (exact) mass is 368 g/mol. The zero-order valence-corrected chi connectivity index (χ0v) is 15.3. The van der Waals surface area contributed by atoms with E-state index < -0.39 is 0 Å². The zero-order valence-electron chi connectivity index (χ0n) is 15.3. The fourth-order valence-corrected chi connectivity index (χ4v) is 2.90. The molecule has 4 rings (SSSR count). The van der Waals surface area contributed by atoms with Gasteiger partial charge in [-0.2, -0.15) is 0 Å². The van der Waals surface area contributed by atoms with Gasteiger partial charge in [-0.3, -0.25) is 0 Å². The highest BCUT2D eigenvalue weighted by atomic mass is 16.5. The van der Waals surface area contributed by atoms with E-state index in [1.807, 2.05) is 79.0 Å². The van der Waals surface area contributed by atoms with Gasteiger partial charge in [-0.15, -0.1) is 5.10 Å². The molecule has 0 aliphatic rings. The molecular weight excluding hydrogens is 348 g/mol. The van der Waals surface area contributed by atoms with Crippen LogP contribution >= 0.6 is 0 Å². The van der Waals surface area contributed by atoms with Gasteiger partial charge in [0.25, 0.3) is 0 Å². The van der Waals surface area contributed by atoms with Crippen molar-refractivity contribution in [1.29, 1.82) is 0 Å². The predicted molar refractivity (Wildman–Crippen MR) is 110 cm³/mol. The Bertz CT molecular complexity index is 1040. The molecule has 0 N–H and O–H groups in total. The number of para-hydroxylation sites is 1. The fraction of sp³-hybridized carbons (Fsp3) is 0.0870. The minimum Gasteiger partial charge on any atom is -0.489 e. The highest BCUT2D eigenvalue weighted by Gasteiger charge is 2.06. The molecular formula is C23H20N4O. The Morgan fingerprint density at radius 2 is 1.54 bits per heavy atom. The van der Waals surface area contributed by atoms with E-state index in [2.05, 4.69) is 33.7 Å². The summed E-state index contributed by atoms with van der Waals surface area (Å²) >= 11 is 0. The molecule has 0 spiro atoms. The second kappa shape index (κ2) is 8.77. The third kappa shape index (κ3) is 4.32. The summed E-state index contributed by atoms with van der Waals surface area (Å²) in [4.78, 5) is 0. The first-order valence-corrected chi connectivity index (χ1v) is 9.15. The summed E-state index contributed by atoms with van der Waals surface area (Å²) in [5.74, 6) is 1.60. The van der Waals surface area contributed by atoms with Crippen molar-refractivity contribution in [2.75, 3.05) is 0 Å². The lowest BCUT2D eigenvalue weighted by Gasteiger charge is -2.10. The highest BCUT2D eigenvalue weighted by Crippen LogP contribution is 2.21. The topological polar surface area (TPSA) is 52.8 Å². The largest absolute Gasteiger partial charge is 0.489 e. The average Bonchev–Trinajstić information content (AvgIpc) is 3.23. The first-order chi connectivity index (χ1) is 13.9. The summed E-state index contributed by atoms with van der Waals surface area (Å²) in [6.07, 6.45) is 4.64.